The first-order valence-electron chi connectivity index (χ1n) is 7.50. The highest BCUT2D eigenvalue weighted by Gasteiger charge is 2.60. The Balaban J connectivity index is 2.12. The van der Waals surface area contributed by atoms with Gasteiger partial charge in [0.15, 0.2) is 0 Å². The van der Waals surface area contributed by atoms with Crippen molar-refractivity contribution in [3.63, 3.8) is 0 Å². The molecule has 0 saturated heterocycles. The van der Waals surface area contributed by atoms with Gasteiger partial charge in [0.2, 0.25) is 0 Å². The first-order chi connectivity index (χ1) is 9.21. The van der Waals surface area contributed by atoms with Crippen molar-refractivity contribution in [2.24, 2.45) is 5.41 Å². The standard InChI is InChI=1S/C17H22O2/c18-15(19)17(14-8-3-1-4-9-14)13-7-12-16(17)10-5-2-6-11-16/h1,3-4,8-9H,2,5-7,10-13H2,(H,18,19)/t17-/m0/s1. The second-order valence-electron chi connectivity index (χ2n) is 6.27. The lowest BCUT2D eigenvalue weighted by Gasteiger charge is -2.46. The number of hydrogen-bond acceptors (Lipinski definition) is 1. The fraction of sp³-hybridized carbons (Fsp3) is 0.588. The summed E-state index contributed by atoms with van der Waals surface area (Å²) in [5, 5.41) is 10.0. The van der Waals surface area contributed by atoms with E-state index in [9.17, 15) is 9.90 Å². The van der Waals surface area contributed by atoms with Gasteiger partial charge in [0.1, 0.15) is 0 Å². The second kappa shape index (κ2) is 4.66. The summed E-state index contributed by atoms with van der Waals surface area (Å²) in [6.07, 6.45) is 8.81. The summed E-state index contributed by atoms with van der Waals surface area (Å²) in [6, 6.07) is 9.98. The average molecular weight is 258 g/mol. The van der Waals surface area contributed by atoms with Crippen molar-refractivity contribution in [1.29, 1.82) is 0 Å². The van der Waals surface area contributed by atoms with E-state index < -0.39 is 11.4 Å². The molecule has 3 rings (SSSR count). The van der Waals surface area contributed by atoms with Crippen molar-refractivity contribution < 1.29 is 9.90 Å². The third kappa shape index (κ3) is 1.73. The summed E-state index contributed by atoms with van der Waals surface area (Å²) in [7, 11) is 0. The van der Waals surface area contributed by atoms with E-state index in [1.165, 1.54) is 19.3 Å². The van der Waals surface area contributed by atoms with Crippen LogP contribution in [0.25, 0.3) is 0 Å². The molecule has 2 fully saturated rings. The Morgan fingerprint density at radius 1 is 0.895 bits per heavy atom. The van der Waals surface area contributed by atoms with Crippen LogP contribution >= 0.6 is 0 Å². The number of carbonyl (C=O) groups is 1. The zero-order chi connectivity index (χ0) is 13.3. The lowest BCUT2D eigenvalue weighted by Crippen LogP contribution is -2.48. The summed E-state index contributed by atoms with van der Waals surface area (Å²) in [4.78, 5) is 12.2. The van der Waals surface area contributed by atoms with E-state index in [0.717, 1.165) is 37.7 Å². The molecule has 0 radical (unpaired) electrons. The van der Waals surface area contributed by atoms with Crippen LogP contribution in [0.4, 0.5) is 0 Å². The Morgan fingerprint density at radius 3 is 2.16 bits per heavy atom. The van der Waals surface area contributed by atoms with Crippen LogP contribution in [0.15, 0.2) is 30.3 Å². The number of benzene rings is 1. The first-order valence-corrected chi connectivity index (χ1v) is 7.50. The molecule has 1 spiro atoms. The van der Waals surface area contributed by atoms with Crippen LogP contribution in [0.2, 0.25) is 0 Å². The summed E-state index contributed by atoms with van der Waals surface area (Å²) in [5.74, 6) is -0.599. The largest absolute Gasteiger partial charge is 0.481 e. The normalized spacial score (nSPS) is 29.5. The minimum absolute atomic E-state index is 0.0123. The molecule has 0 amide bonds. The van der Waals surface area contributed by atoms with Gasteiger partial charge >= 0.3 is 5.97 Å². The molecular weight excluding hydrogens is 236 g/mol. The molecule has 0 aliphatic heterocycles. The van der Waals surface area contributed by atoms with Crippen LogP contribution < -0.4 is 0 Å². The highest BCUT2D eigenvalue weighted by atomic mass is 16.4. The van der Waals surface area contributed by atoms with Crippen LogP contribution in [-0.4, -0.2) is 11.1 Å². The third-order valence-corrected chi connectivity index (χ3v) is 5.55. The van der Waals surface area contributed by atoms with Gasteiger partial charge in [-0.15, -0.1) is 0 Å². The minimum atomic E-state index is -0.630. The average Bonchev–Trinajstić information content (AvgIpc) is 2.80. The van der Waals surface area contributed by atoms with E-state index in [-0.39, 0.29) is 5.41 Å². The second-order valence-corrected chi connectivity index (χ2v) is 6.27. The highest BCUT2D eigenvalue weighted by molar-refractivity contribution is 5.83. The van der Waals surface area contributed by atoms with E-state index in [4.69, 9.17) is 0 Å². The van der Waals surface area contributed by atoms with Gasteiger partial charge in [0.25, 0.3) is 0 Å². The topological polar surface area (TPSA) is 37.3 Å². The molecule has 0 bridgehead atoms. The Kier molecular flexibility index (Phi) is 3.12. The van der Waals surface area contributed by atoms with Crippen LogP contribution in [0.5, 0.6) is 0 Å². The molecule has 2 nitrogen and oxygen atoms in total. The first kappa shape index (κ1) is 12.7. The van der Waals surface area contributed by atoms with Gasteiger partial charge in [0, 0.05) is 0 Å². The summed E-state index contributed by atoms with van der Waals surface area (Å²) < 4.78 is 0. The molecule has 1 atom stereocenters. The maximum Gasteiger partial charge on any atom is 0.314 e. The molecule has 0 heterocycles. The smallest absolute Gasteiger partial charge is 0.314 e. The predicted octanol–water partition coefficient (Wildman–Crippen LogP) is 4.14. The molecule has 2 saturated carbocycles. The quantitative estimate of drug-likeness (QED) is 0.865. The number of aliphatic carboxylic acids is 1. The molecule has 0 aromatic heterocycles. The van der Waals surface area contributed by atoms with Crippen molar-refractivity contribution in [3.05, 3.63) is 35.9 Å². The van der Waals surface area contributed by atoms with Gasteiger partial charge in [-0.3, -0.25) is 4.79 Å². The number of hydrogen-bond donors (Lipinski definition) is 1. The lowest BCUT2D eigenvalue weighted by atomic mass is 9.56. The van der Waals surface area contributed by atoms with Crippen LogP contribution in [0.1, 0.15) is 56.9 Å². The van der Waals surface area contributed by atoms with Crippen molar-refractivity contribution in [3.8, 4) is 0 Å². The molecule has 1 aromatic rings. The number of carboxylic acids is 1. The number of carboxylic acid groups (broad SMARTS) is 1. The highest BCUT2D eigenvalue weighted by Crippen LogP contribution is 2.61. The van der Waals surface area contributed by atoms with E-state index >= 15 is 0 Å². The van der Waals surface area contributed by atoms with Gasteiger partial charge in [0.05, 0.1) is 5.41 Å². The van der Waals surface area contributed by atoms with Gasteiger partial charge in [-0.25, -0.2) is 0 Å². The van der Waals surface area contributed by atoms with Gasteiger partial charge in [-0.2, -0.15) is 0 Å². The molecule has 1 aromatic carbocycles. The van der Waals surface area contributed by atoms with E-state index in [2.05, 4.69) is 0 Å². The Bertz CT molecular complexity index is 459. The zero-order valence-corrected chi connectivity index (χ0v) is 11.4. The zero-order valence-electron chi connectivity index (χ0n) is 11.4. The summed E-state index contributed by atoms with van der Waals surface area (Å²) in [5.41, 5.74) is 0.412. The minimum Gasteiger partial charge on any atom is -0.481 e. The number of rotatable bonds is 2. The predicted molar refractivity (Wildman–Crippen MR) is 75.1 cm³/mol. The molecular formula is C17H22O2. The molecule has 2 aliphatic carbocycles. The van der Waals surface area contributed by atoms with E-state index in [1.54, 1.807) is 0 Å². The van der Waals surface area contributed by atoms with Crippen molar-refractivity contribution >= 4 is 5.97 Å². The Labute approximate surface area is 114 Å². The molecule has 102 valence electrons. The Morgan fingerprint density at radius 2 is 1.53 bits per heavy atom. The van der Waals surface area contributed by atoms with Crippen LogP contribution in [0.3, 0.4) is 0 Å². The summed E-state index contributed by atoms with van der Waals surface area (Å²) >= 11 is 0. The van der Waals surface area contributed by atoms with E-state index in [1.807, 2.05) is 30.3 Å². The molecule has 2 heteroatoms. The van der Waals surface area contributed by atoms with Gasteiger partial charge in [-0.05, 0) is 36.7 Å². The van der Waals surface area contributed by atoms with Crippen molar-refractivity contribution in [2.45, 2.75) is 56.8 Å². The van der Waals surface area contributed by atoms with Crippen molar-refractivity contribution in [1.82, 2.24) is 0 Å². The van der Waals surface area contributed by atoms with Crippen molar-refractivity contribution in [2.75, 3.05) is 0 Å². The molecule has 2 aliphatic rings. The maximum absolute atomic E-state index is 12.2. The molecule has 0 unspecified atom stereocenters. The monoisotopic (exact) mass is 258 g/mol. The fourth-order valence-corrected chi connectivity index (χ4v) is 4.71. The third-order valence-electron chi connectivity index (χ3n) is 5.55. The SMILES string of the molecule is O=C(O)[C@@]1(c2ccccc2)CCCC12CCCCC2. The summed E-state index contributed by atoms with van der Waals surface area (Å²) in [6.45, 7) is 0. The Hall–Kier alpha value is -1.31. The molecule has 19 heavy (non-hydrogen) atoms. The fourth-order valence-electron chi connectivity index (χ4n) is 4.71. The van der Waals surface area contributed by atoms with Gasteiger partial charge in [-0.1, -0.05) is 56.0 Å². The lowest BCUT2D eigenvalue weighted by molar-refractivity contribution is -0.150. The molecule has 1 N–H and O–H groups in total. The van der Waals surface area contributed by atoms with Gasteiger partial charge < -0.3 is 5.11 Å². The van der Waals surface area contributed by atoms with Crippen LogP contribution in [0, 0.1) is 5.41 Å². The maximum atomic E-state index is 12.2. The van der Waals surface area contributed by atoms with Crippen LogP contribution in [-0.2, 0) is 10.2 Å². The van der Waals surface area contributed by atoms with E-state index in [0.29, 0.717) is 0 Å².